The van der Waals surface area contributed by atoms with Gasteiger partial charge in [0.1, 0.15) is 20.4 Å². The molecule has 0 unspecified atom stereocenters. The summed E-state index contributed by atoms with van der Waals surface area (Å²) in [5.74, 6) is 0. The van der Waals surface area contributed by atoms with Gasteiger partial charge >= 0.3 is 0 Å². The van der Waals surface area contributed by atoms with Crippen molar-refractivity contribution in [1.29, 1.82) is 0 Å². The molecule has 32 heavy (non-hydrogen) atoms. The molecule has 4 aromatic rings. The lowest BCUT2D eigenvalue weighted by Gasteiger charge is -2.45. The van der Waals surface area contributed by atoms with Gasteiger partial charge in [-0.25, -0.2) is 0 Å². The summed E-state index contributed by atoms with van der Waals surface area (Å²) in [4.78, 5) is 0. The zero-order chi connectivity index (χ0) is 23.1. The Labute approximate surface area is 194 Å². The van der Waals surface area contributed by atoms with E-state index < -0.39 is 6.15 Å². The van der Waals surface area contributed by atoms with E-state index in [-0.39, 0.29) is 0 Å². The van der Waals surface area contributed by atoms with Gasteiger partial charge in [-0.05, 0) is 27.7 Å². The average Bonchev–Trinajstić information content (AvgIpc) is 2.75. The molecule has 0 aliphatic heterocycles. The molecule has 0 aliphatic carbocycles. The van der Waals surface area contributed by atoms with Crippen molar-refractivity contribution < 1.29 is 4.74 Å². The van der Waals surface area contributed by atoms with Crippen molar-refractivity contribution in [1.82, 2.24) is 0 Å². The molecule has 0 saturated carbocycles. The topological polar surface area (TPSA) is 12.8 Å². The quantitative estimate of drug-likeness (QED) is 0.348. The van der Waals surface area contributed by atoms with Crippen LogP contribution in [0.3, 0.4) is 0 Å². The molecule has 0 bridgehead atoms. The van der Waals surface area contributed by atoms with E-state index in [0.717, 1.165) is 0 Å². The zero-order valence-electron chi connectivity index (χ0n) is 20.3. The Balaban J connectivity index is 0.000000913. The minimum atomic E-state index is -1.29. The van der Waals surface area contributed by atoms with Crippen LogP contribution in [-0.2, 0) is 0 Å². The summed E-state index contributed by atoms with van der Waals surface area (Å²) in [7, 11) is 3.50. The Morgan fingerprint density at radius 3 is 0.844 bits per heavy atom. The van der Waals surface area contributed by atoms with Crippen LogP contribution in [0, 0.1) is 27.7 Å². The molecule has 0 aliphatic rings. The fourth-order valence-electron chi connectivity index (χ4n) is 4.91. The van der Waals surface area contributed by atoms with Gasteiger partial charge < -0.3 is 4.74 Å². The Bertz CT molecular complexity index is 991. The van der Waals surface area contributed by atoms with Gasteiger partial charge in [-0.15, -0.1) is 0 Å². The van der Waals surface area contributed by atoms with Crippen molar-refractivity contribution in [2.24, 2.45) is 0 Å². The maximum absolute atomic E-state index is 3.50. The van der Waals surface area contributed by atoms with E-state index in [1.807, 2.05) is 0 Å². The van der Waals surface area contributed by atoms with E-state index in [9.17, 15) is 0 Å². The van der Waals surface area contributed by atoms with Gasteiger partial charge in [-0.1, -0.05) is 119 Å². The van der Waals surface area contributed by atoms with Crippen LogP contribution in [0.2, 0.25) is 0 Å². The Morgan fingerprint density at radius 1 is 0.438 bits per heavy atom. The third-order valence-electron chi connectivity index (χ3n) is 6.17. The van der Waals surface area contributed by atoms with Crippen LogP contribution < -0.4 is 21.9 Å². The minimum absolute atomic E-state index is 1.29. The summed E-state index contributed by atoms with van der Waals surface area (Å²) < 4.78 is 3.50. The summed E-state index contributed by atoms with van der Waals surface area (Å²) in [6, 6.07) is 36.2. The number of ether oxygens (including phenoxy) is 1. The predicted molar refractivity (Wildman–Crippen MR) is 143 cm³/mol. The van der Waals surface area contributed by atoms with Gasteiger partial charge in [0.05, 0.1) is 0 Å². The number of hydrogen-bond acceptors (Lipinski definition) is 0. The maximum atomic E-state index is 3.50. The van der Waals surface area contributed by atoms with E-state index in [2.05, 4.69) is 129 Å². The first-order valence-electron chi connectivity index (χ1n) is 11.3. The van der Waals surface area contributed by atoms with Crippen molar-refractivity contribution in [3.63, 3.8) is 0 Å². The molecule has 0 saturated heterocycles. The molecule has 0 fully saturated rings. The smallest absolute Gasteiger partial charge is 0.134 e. The van der Waals surface area contributed by atoms with E-state index in [0.29, 0.717) is 0 Å². The number of benzene rings is 4. The molecule has 0 spiro atoms. The Morgan fingerprint density at radius 2 is 0.656 bits per heavy atom. The molecule has 0 aromatic heterocycles. The normalized spacial score (nSPS) is 10.9. The zero-order valence-corrected chi connectivity index (χ0v) is 20.3. The summed E-state index contributed by atoms with van der Waals surface area (Å²) in [6.07, 6.45) is -1.29. The first-order chi connectivity index (χ1) is 15.4. The molecule has 0 heterocycles. The van der Waals surface area contributed by atoms with Gasteiger partial charge in [-0.2, -0.15) is 21.9 Å². The van der Waals surface area contributed by atoms with Crippen LogP contribution in [-0.4, -0.2) is 25.1 Å². The largest absolute Gasteiger partial charge is 0.438 e. The first-order valence-corrected chi connectivity index (χ1v) is 11.3. The summed E-state index contributed by atoms with van der Waals surface area (Å²) in [6.45, 7) is 8.75. The molecule has 0 amide bonds. The van der Waals surface area contributed by atoms with Crippen molar-refractivity contribution in [3.05, 3.63) is 119 Å². The number of aliphatic hydroxyl groups is 2. The second kappa shape index (κ2) is 10.5. The average molecular weight is 422 g/mol. The van der Waals surface area contributed by atoms with Crippen LogP contribution in [0.5, 0.6) is 0 Å². The summed E-state index contributed by atoms with van der Waals surface area (Å²) in [5.41, 5.74) is 10.6. The number of aryl methyl sites for hydroxylation is 4. The van der Waals surface area contributed by atoms with Crippen molar-refractivity contribution in [2.75, 3.05) is 14.2 Å². The lowest BCUT2D eigenvalue weighted by Crippen LogP contribution is -2.75. The molecule has 0 radical (unpaired) electrons. The molecule has 0 atom stereocenters. The van der Waals surface area contributed by atoms with Gasteiger partial charge in [0.2, 0.25) is 0 Å². The molecule has 4 aromatic carbocycles. The van der Waals surface area contributed by atoms with Crippen molar-refractivity contribution in [3.8, 4) is 0 Å². The molecule has 4 rings (SSSR count). The SMILES string of the molecule is C[OH+]C.Cc1cccc([B-](c2cccc(C)c2)(c2cccc(C)c2)c2cccc(C)c2)c1. The Hall–Kier alpha value is -3.10. The minimum Gasteiger partial charge on any atom is -0.438 e. The second-order valence-electron chi connectivity index (χ2n) is 8.97. The highest BCUT2D eigenvalue weighted by molar-refractivity contribution is 7.19. The lowest BCUT2D eigenvalue weighted by atomic mass is 9.13. The number of rotatable bonds is 4. The van der Waals surface area contributed by atoms with Crippen molar-refractivity contribution in [2.45, 2.75) is 27.7 Å². The second-order valence-corrected chi connectivity index (χ2v) is 8.97. The number of hydrogen-bond donors (Lipinski definition) is 0. The molecule has 2 heteroatoms. The van der Waals surface area contributed by atoms with E-state index in [1.54, 1.807) is 14.2 Å². The predicted octanol–water partition coefficient (Wildman–Crippen LogP) is 4.07. The van der Waals surface area contributed by atoms with Crippen LogP contribution in [0.1, 0.15) is 22.3 Å². The monoisotopic (exact) mass is 422 g/mol. The van der Waals surface area contributed by atoms with E-state index >= 15 is 0 Å². The molecular formula is C30H35BO. The first kappa shape index (κ1) is 23.6. The Kier molecular flexibility index (Phi) is 7.72. The van der Waals surface area contributed by atoms with Crippen LogP contribution in [0.4, 0.5) is 0 Å². The van der Waals surface area contributed by atoms with Gasteiger partial charge in [0.25, 0.3) is 0 Å². The summed E-state index contributed by atoms with van der Waals surface area (Å²) >= 11 is 0. The van der Waals surface area contributed by atoms with Crippen LogP contribution in [0.15, 0.2) is 97.1 Å². The van der Waals surface area contributed by atoms with Gasteiger partial charge in [-0.3, -0.25) is 0 Å². The third kappa shape index (κ3) is 4.87. The van der Waals surface area contributed by atoms with E-state index in [4.69, 9.17) is 0 Å². The standard InChI is InChI=1S/C28H28B.C2H6O/c1-21-9-5-13-25(17-21)29(26-14-6-10-22(2)18-26,27-15-7-11-23(3)19-27)28-16-8-12-24(4)20-28;1-3-2/h5-20H,1-4H3;1-2H3/q-1;/p+1. The highest BCUT2D eigenvalue weighted by atomic mass is 16.4. The molecular weight excluding hydrogens is 387 g/mol. The van der Waals surface area contributed by atoms with Crippen LogP contribution in [0.25, 0.3) is 0 Å². The van der Waals surface area contributed by atoms with Gasteiger partial charge in [0.15, 0.2) is 0 Å². The van der Waals surface area contributed by atoms with Gasteiger partial charge in [0, 0.05) is 0 Å². The fourth-order valence-corrected chi connectivity index (χ4v) is 4.91. The van der Waals surface area contributed by atoms with Crippen LogP contribution >= 0.6 is 0 Å². The fraction of sp³-hybridized carbons (Fsp3) is 0.200. The highest BCUT2D eigenvalue weighted by Crippen LogP contribution is 2.13. The molecule has 1 nitrogen and oxygen atoms in total. The lowest BCUT2D eigenvalue weighted by molar-refractivity contribution is 0.0768. The molecule has 1 N–H and O–H groups in total. The molecule has 164 valence electrons. The maximum Gasteiger partial charge on any atom is 0.134 e. The summed E-state index contributed by atoms with van der Waals surface area (Å²) in [5, 5.41) is 0. The third-order valence-corrected chi connectivity index (χ3v) is 6.17. The van der Waals surface area contributed by atoms with E-state index in [1.165, 1.54) is 44.1 Å². The highest BCUT2D eigenvalue weighted by Gasteiger charge is 2.32. The van der Waals surface area contributed by atoms with Crippen molar-refractivity contribution >= 4 is 28.0 Å².